The molecule has 3 rings (SSSR count). The molecule has 132 valence electrons. The number of carbonyl (C=O) groups excluding carboxylic acids is 1. The topological polar surface area (TPSA) is 88.2 Å². The van der Waals surface area contributed by atoms with Gasteiger partial charge in [0.25, 0.3) is 5.91 Å². The van der Waals surface area contributed by atoms with Gasteiger partial charge in [0, 0.05) is 11.7 Å². The SMILES string of the molecule is CCc1ccc(NC(=O)c2ccc(NC3CCS(=O)(=O)C3)cn2)cc1. The van der Waals surface area contributed by atoms with E-state index in [1.807, 2.05) is 24.3 Å². The molecule has 0 radical (unpaired) electrons. The Morgan fingerprint density at radius 3 is 2.44 bits per heavy atom. The molecular weight excluding hydrogens is 338 g/mol. The average Bonchev–Trinajstić information content (AvgIpc) is 2.94. The van der Waals surface area contributed by atoms with Crippen LogP contribution in [0.3, 0.4) is 0 Å². The zero-order chi connectivity index (χ0) is 17.9. The lowest BCUT2D eigenvalue weighted by Gasteiger charge is -2.12. The van der Waals surface area contributed by atoms with Crippen molar-refractivity contribution in [3.63, 3.8) is 0 Å². The summed E-state index contributed by atoms with van der Waals surface area (Å²) >= 11 is 0. The van der Waals surface area contributed by atoms with Crippen LogP contribution in [-0.2, 0) is 16.3 Å². The third-order valence-corrected chi connectivity index (χ3v) is 5.99. The van der Waals surface area contributed by atoms with Crippen molar-refractivity contribution < 1.29 is 13.2 Å². The summed E-state index contributed by atoms with van der Waals surface area (Å²) in [7, 11) is -2.92. The fourth-order valence-corrected chi connectivity index (χ4v) is 4.45. The Morgan fingerprint density at radius 1 is 1.16 bits per heavy atom. The monoisotopic (exact) mass is 359 g/mol. The summed E-state index contributed by atoms with van der Waals surface area (Å²) in [6.45, 7) is 2.08. The molecule has 1 fully saturated rings. The minimum Gasteiger partial charge on any atom is -0.380 e. The highest BCUT2D eigenvalue weighted by Gasteiger charge is 2.27. The van der Waals surface area contributed by atoms with Gasteiger partial charge in [-0.1, -0.05) is 19.1 Å². The van der Waals surface area contributed by atoms with E-state index in [0.29, 0.717) is 17.8 Å². The molecule has 1 aliphatic rings. The molecule has 1 saturated heterocycles. The smallest absolute Gasteiger partial charge is 0.274 e. The summed E-state index contributed by atoms with van der Waals surface area (Å²) in [5.41, 5.74) is 2.96. The van der Waals surface area contributed by atoms with Gasteiger partial charge in [0.05, 0.1) is 23.4 Å². The molecule has 1 aromatic carbocycles. The number of pyridine rings is 1. The number of hydrogen-bond donors (Lipinski definition) is 2. The first-order chi connectivity index (χ1) is 11.9. The van der Waals surface area contributed by atoms with Gasteiger partial charge in [-0.05, 0) is 42.7 Å². The molecule has 0 aliphatic carbocycles. The van der Waals surface area contributed by atoms with Crippen molar-refractivity contribution in [3.8, 4) is 0 Å². The second-order valence-corrected chi connectivity index (χ2v) is 8.41. The Morgan fingerprint density at radius 2 is 1.88 bits per heavy atom. The lowest BCUT2D eigenvalue weighted by Crippen LogP contribution is -2.21. The van der Waals surface area contributed by atoms with E-state index >= 15 is 0 Å². The van der Waals surface area contributed by atoms with Crippen LogP contribution in [0.25, 0.3) is 0 Å². The molecule has 6 nitrogen and oxygen atoms in total. The first-order valence-electron chi connectivity index (χ1n) is 8.28. The quantitative estimate of drug-likeness (QED) is 0.856. The largest absolute Gasteiger partial charge is 0.380 e. The normalized spacial score (nSPS) is 18.7. The van der Waals surface area contributed by atoms with Gasteiger partial charge >= 0.3 is 0 Å². The lowest BCUT2D eigenvalue weighted by molar-refractivity contribution is 0.102. The van der Waals surface area contributed by atoms with Crippen molar-refractivity contribution in [1.82, 2.24) is 4.98 Å². The van der Waals surface area contributed by atoms with Crippen LogP contribution in [0.1, 0.15) is 29.4 Å². The summed E-state index contributed by atoms with van der Waals surface area (Å²) in [5, 5.41) is 5.96. The third kappa shape index (κ3) is 4.57. The van der Waals surface area contributed by atoms with E-state index in [-0.39, 0.29) is 23.5 Å². The molecule has 25 heavy (non-hydrogen) atoms. The fourth-order valence-electron chi connectivity index (χ4n) is 2.78. The molecule has 7 heteroatoms. The van der Waals surface area contributed by atoms with Gasteiger partial charge in [0.1, 0.15) is 5.69 Å². The van der Waals surface area contributed by atoms with Gasteiger partial charge in [-0.3, -0.25) is 4.79 Å². The van der Waals surface area contributed by atoms with E-state index < -0.39 is 9.84 Å². The standard InChI is InChI=1S/C18H21N3O3S/c1-2-13-3-5-14(6-4-13)21-18(22)17-8-7-15(11-19-17)20-16-9-10-25(23,24)12-16/h3-8,11,16,20H,2,9-10,12H2,1H3,(H,21,22). The number of rotatable bonds is 5. The van der Waals surface area contributed by atoms with Gasteiger partial charge in [0.2, 0.25) is 0 Å². The Kier molecular flexibility index (Phi) is 5.03. The predicted molar refractivity (Wildman–Crippen MR) is 98.7 cm³/mol. The second kappa shape index (κ2) is 7.23. The Labute approximate surface area is 147 Å². The molecule has 1 aliphatic heterocycles. The maximum absolute atomic E-state index is 12.2. The van der Waals surface area contributed by atoms with Gasteiger partial charge in [-0.15, -0.1) is 0 Å². The predicted octanol–water partition coefficient (Wildman–Crippen LogP) is 2.50. The summed E-state index contributed by atoms with van der Waals surface area (Å²) < 4.78 is 23.0. The molecule has 0 saturated carbocycles. The zero-order valence-corrected chi connectivity index (χ0v) is 14.8. The van der Waals surface area contributed by atoms with Gasteiger partial charge < -0.3 is 10.6 Å². The number of anilines is 2. The van der Waals surface area contributed by atoms with Crippen molar-refractivity contribution >= 4 is 27.1 Å². The number of benzene rings is 1. The van der Waals surface area contributed by atoms with Crippen LogP contribution >= 0.6 is 0 Å². The Balaban J connectivity index is 1.60. The fraction of sp³-hybridized carbons (Fsp3) is 0.333. The van der Waals surface area contributed by atoms with E-state index in [1.54, 1.807) is 18.3 Å². The van der Waals surface area contributed by atoms with Crippen molar-refractivity contribution in [2.45, 2.75) is 25.8 Å². The Bertz CT molecular complexity index is 846. The average molecular weight is 359 g/mol. The molecule has 1 unspecified atom stereocenters. The van der Waals surface area contributed by atoms with Crippen LogP contribution < -0.4 is 10.6 Å². The molecule has 2 heterocycles. The number of nitrogens with zero attached hydrogens (tertiary/aromatic N) is 1. The number of nitrogens with one attached hydrogen (secondary N) is 2. The number of carbonyl (C=O) groups is 1. The van der Waals surface area contributed by atoms with Crippen molar-refractivity contribution in [1.29, 1.82) is 0 Å². The lowest BCUT2D eigenvalue weighted by atomic mass is 10.1. The third-order valence-electron chi connectivity index (χ3n) is 4.22. The van der Waals surface area contributed by atoms with Crippen LogP contribution in [0, 0.1) is 0 Å². The summed E-state index contributed by atoms with van der Waals surface area (Å²) in [4.78, 5) is 16.4. The van der Waals surface area contributed by atoms with Crippen LogP contribution in [0.5, 0.6) is 0 Å². The molecule has 1 amide bonds. The van der Waals surface area contributed by atoms with Crippen molar-refractivity contribution in [2.75, 3.05) is 22.1 Å². The number of hydrogen-bond acceptors (Lipinski definition) is 5. The first-order valence-corrected chi connectivity index (χ1v) is 10.1. The van der Waals surface area contributed by atoms with Crippen molar-refractivity contribution in [3.05, 3.63) is 53.9 Å². The highest BCUT2D eigenvalue weighted by molar-refractivity contribution is 7.91. The van der Waals surface area contributed by atoms with E-state index in [1.165, 1.54) is 5.56 Å². The number of aryl methyl sites for hydroxylation is 1. The molecule has 2 aromatic rings. The molecule has 0 spiro atoms. The molecule has 0 bridgehead atoms. The summed E-state index contributed by atoms with van der Waals surface area (Å²) in [6, 6.07) is 11.0. The number of sulfone groups is 1. The molecule has 1 aromatic heterocycles. The number of amides is 1. The summed E-state index contributed by atoms with van der Waals surface area (Å²) in [6.07, 6.45) is 3.10. The van der Waals surface area contributed by atoms with E-state index in [2.05, 4.69) is 22.5 Å². The second-order valence-electron chi connectivity index (χ2n) is 6.18. The van der Waals surface area contributed by atoms with Crippen molar-refractivity contribution in [2.24, 2.45) is 0 Å². The van der Waals surface area contributed by atoms with Crippen LogP contribution in [-0.4, -0.2) is 36.9 Å². The number of aromatic nitrogens is 1. The first kappa shape index (κ1) is 17.4. The van der Waals surface area contributed by atoms with E-state index in [4.69, 9.17) is 0 Å². The minimum absolute atomic E-state index is 0.0939. The maximum Gasteiger partial charge on any atom is 0.274 e. The molecule has 1 atom stereocenters. The van der Waals surface area contributed by atoms with Crippen LogP contribution in [0.4, 0.5) is 11.4 Å². The summed E-state index contributed by atoms with van der Waals surface area (Å²) in [5.74, 6) is 0.0810. The van der Waals surface area contributed by atoms with E-state index in [9.17, 15) is 13.2 Å². The van der Waals surface area contributed by atoms with Gasteiger partial charge in [-0.2, -0.15) is 0 Å². The zero-order valence-electron chi connectivity index (χ0n) is 14.0. The molecule has 2 N–H and O–H groups in total. The highest BCUT2D eigenvalue weighted by atomic mass is 32.2. The molecular formula is C18H21N3O3S. The maximum atomic E-state index is 12.2. The van der Waals surface area contributed by atoms with E-state index in [0.717, 1.165) is 12.1 Å². The van der Waals surface area contributed by atoms with Crippen LogP contribution in [0.15, 0.2) is 42.6 Å². The van der Waals surface area contributed by atoms with Gasteiger partial charge in [-0.25, -0.2) is 13.4 Å². The van der Waals surface area contributed by atoms with Gasteiger partial charge in [0.15, 0.2) is 9.84 Å². The minimum atomic E-state index is -2.92. The Hall–Kier alpha value is -2.41. The van der Waals surface area contributed by atoms with Crippen LogP contribution in [0.2, 0.25) is 0 Å². The highest BCUT2D eigenvalue weighted by Crippen LogP contribution is 2.17.